The number of hydrogen-bond acceptors (Lipinski definition) is 3. The quantitative estimate of drug-likeness (QED) is 0.629. The van der Waals surface area contributed by atoms with Crippen LogP contribution in [0.15, 0.2) is 12.3 Å². The van der Waals surface area contributed by atoms with Crippen molar-refractivity contribution in [2.75, 3.05) is 0 Å². The fraction of sp³-hybridized carbons (Fsp3) is 0.250. The molecule has 0 spiro atoms. The summed E-state index contributed by atoms with van der Waals surface area (Å²) in [5.74, 6) is 1.05. The van der Waals surface area contributed by atoms with Gasteiger partial charge in [0.05, 0.1) is 6.20 Å². The predicted molar refractivity (Wildman–Crippen MR) is 44.9 cm³/mol. The summed E-state index contributed by atoms with van der Waals surface area (Å²) in [5, 5.41) is 9.12. The van der Waals surface area contributed by atoms with Crippen LogP contribution in [0, 0.1) is 6.92 Å². The van der Waals surface area contributed by atoms with Crippen molar-refractivity contribution in [3.05, 3.63) is 18.1 Å². The fourth-order valence-electron chi connectivity index (χ4n) is 1.18. The summed E-state index contributed by atoms with van der Waals surface area (Å²) >= 11 is 0. The molecule has 4 nitrogen and oxygen atoms in total. The van der Waals surface area contributed by atoms with E-state index in [-0.39, 0.29) is 5.75 Å². The number of aromatic hydroxyl groups is 1. The molecule has 2 rings (SSSR count). The van der Waals surface area contributed by atoms with E-state index >= 15 is 0 Å². The van der Waals surface area contributed by atoms with Crippen LogP contribution in [0.2, 0.25) is 0 Å². The van der Waals surface area contributed by atoms with Crippen molar-refractivity contribution < 1.29 is 5.11 Å². The molecule has 1 N–H and O–H groups in total. The highest BCUT2D eigenvalue weighted by Gasteiger charge is 2.04. The average molecular weight is 163 g/mol. The Bertz CT molecular complexity index is 433. The Morgan fingerprint density at radius 1 is 1.50 bits per heavy atom. The highest BCUT2D eigenvalue weighted by Crippen LogP contribution is 2.16. The summed E-state index contributed by atoms with van der Waals surface area (Å²) in [6.45, 7) is 1.90. The number of nitrogens with zero attached hydrogens (tertiary/aromatic N) is 3. The van der Waals surface area contributed by atoms with Gasteiger partial charge in [0.1, 0.15) is 17.1 Å². The molecular weight excluding hydrogens is 154 g/mol. The van der Waals surface area contributed by atoms with Gasteiger partial charge in [0.15, 0.2) is 5.65 Å². The van der Waals surface area contributed by atoms with E-state index in [1.165, 1.54) is 6.20 Å². The van der Waals surface area contributed by atoms with Gasteiger partial charge in [-0.3, -0.25) is 0 Å². The third-order valence-electron chi connectivity index (χ3n) is 1.92. The maximum absolute atomic E-state index is 9.12. The van der Waals surface area contributed by atoms with Gasteiger partial charge in [-0.2, -0.15) is 0 Å². The number of fused-ring (bicyclic) bond motifs is 1. The van der Waals surface area contributed by atoms with Crippen LogP contribution in [-0.4, -0.2) is 19.6 Å². The summed E-state index contributed by atoms with van der Waals surface area (Å²) < 4.78 is 1.88. The first-order valence-corrected chi connectivity index (χ1v) is 3.66. The van der Waals surface area contributed by atoms with Crippen LogP contribution in [0.5, 0.6) is 5.75 Å². The molecule has 0 saturated carbocycles. The van der Waals surface area contributed by atoms with Crippen molar-refractivity contribution in [1.29, 1.82) is 0 Å². The first-order chi connectivity index (χ1) is 5.68. The fourth-order valence-corrected chi connectivity index (χ4v) is 1.18. The van der Waals surface area contributed by atoms with Crippen LogP contribution in [0.4, 0.5) is 0 Å². The molecule has 2 aromatic heterocycles. The van der Waals surface area contributed by atoms with Gasteiger partial charge in [-0.25, -0.2) is 9.97 Å². The molecule has 62 valence electrons. The Hall–Kier alpha value is -1.58. The molecule has 0 aromatic carbocycles. The van der Waals surface area contributed by atoms with E-state index in [4.69, 9.17) is 5.11 Å². The Balaban J connectivity index is 2.87. The van der Waals surface area contributed by atoms with Crippen molar-refractivity contribution in [2.24, 2.45) is 7.05 Å². The lowest BCUT2D eigenvalue weighted by atomic mass is 10.4. The predicted octanol–water partition coefficient (Wildman–Crippen LogP) is 0.982. The van der Waals surface area contributed by atoms with Crippen molar-refractivity contribution >= 4 is 11.2 Å². The summed E-state index contributed by atoms with van der Waals surface area (Å²) in [4.78, 5) is 8.27. The van der Waals surface area contributed by atoms with Gasteiger partial charge < -0.3 is 9.67 Å². The molecule has 0 bridgehead atoms. The van der Waals surface area contributed by atoms with E-state index < -0.39 is 0 Å². The van der Waals surface area contributed by atoms with Gasteiger partial charge >= 0.3 is 0 Å². The minimum atomic E-state index is 0.153. The van der Waals surface area contributed by atoms with E-state index in [1.807, 2.05) is 18.5 Å². The number of rotatable bonds is 0. The van der Waals surface area contributed by atoms with Crippen LogP contribution < -0.4 is 0 Å². The lowest BCUT2D eigenvalue weighted by Crippen LogP contribution is -1.91. The molecule has 12 heavy (non-hydrogen) atoms. The van der Waals surface area contributed by atoms with Crippen LogP contribution in [-0.2, 0) is 7.05 Å². The molecule has 0 aliphatic rings. The maximum Gasteiger partial charge on any atom is 0.159 e. The molecule has 0 saturated heterocycles. The van der Waals surface area contributed by atoms with Crippen molar-refractivity contribution in [2.45, 2.75) is 6.92 Å². The van der Waals surface area contributed by atoms with E-state index in [1.54, 1.807) is 6.07 Å². The Morgan fingerprint density at radius 3 is 3.00 bits per heavy atom. The van der Waals surface area contributed by atoms with Crippen LogP contribution in [0.3, 0.4) is 0 Å². The Kier molecular flexibility index (Phi) is 1.30. The molecule has 0 atom stereocenters. The van der Waals surface area contributed by atoms with Gasteiger partial charge in [-0.15, -0.1) is 0 Å². The standard InChI is InChI=1S/C8H9N3O/c1-5-10-7-3-6(12)4-9-8(7)11(5)2/h3-4,12H,1-2H3. The highest BCUT2D eigenvalue weighted by molar-refractivity contribution is 5.72. The number of aryl methyl sites for hydroxylation is 2. The van der Waals surface area contributed by atoms with Gasteiger partial charge in [0.2, 0.25) is 0 Å². The van der Waals surface area contributed by atoms with Gasteiger partial charge in [0.25, 0.3) is 0 Å². The summed E-state index contributed by atoms with van der Waals surface area (Å²) in [6.07, 6.45) is 1.42. The van der Waals surface area contributed by atoms with Crippen molar-refractivity contribution in [3.63, 3.8) is 0 Å². The summed E-state index contributed by atoms with van der Waals surface area (Å²) in [6, 6.07) is 1.61. The van der Waals surface area contributed by atoms with Gasteiger partial charge in [0, 0.05) is 13.1 Å². The highest BCUT2D eigenvalue weighted by atomic mass is 16.3. The topological polar surface area (TPSA) is 50.9 Å². The summed E-state index contributed by atoms with van der Waals surface area (Å²) in [5.41, 5.74) is 1.53. The number of imidazole rings is 1. The largest absolute Gasteiger partial charge is 0.506 e. The molecule has 0 radical (unpaired) electrons. The number of aromatic nitrogens is 3. The third kappa shape index (κ3) is 0.845. The molecule has 4 heteroatoms. The number of hydrogen-bond donors (Lipinski definition) is 1. The lowest BCUT2D eigenvalue weighted by Gasteiger charge is -1.94. The Morgan fingerprint density at radius 2 is 2.25 bits per heavy atom. The normalized spacial score (nSPS) is 10.8. The zero-order valence-electron chi connectivity index (χ0n) is 6.94. The molecule has 2 aromatic rings. The summed E-state index contributed by atoms with van der Waals surface area (Å²) in [7, 11) is 1.90. The van der Waals surface area contributed by atoms with Crippen LogP contribution >= 0.6 is 0 Å². The second kappa shape index (κ2) is 2.20. The molecule has 0 aliphatic heterocycles. The molecular formula is C8H9N3O. The zero-order valence-corrected chi connectivity index (χ0v) is 6.94. The van der Waals surface area contributed by atoms with Gasteiger partial charge in [-0.1, -0.05) is 0 Å². The molecule has 0 aliphatic carbocycles. The molecule has 0 amide bonds. The maximum atomic E-state index is 9.12. The van der Waals surface area contributed by atoms with Crippen LogP contribution in [0.1, 0.15) is 5.82 Å². The SMILES string of the molecule is Cc1nc2cc(O)cnc2n1C. The second-order valence-corrected chi connectivity index (χ2v) is 2.75. The molecule has 2 heterocycles. The number of pyridine rings is 1. The van der Waals surface area contributed by atoms with Crippen molar-refractivity contribution in [1.82, 2.24) is 14.5 Å². The monoisotopic (exact) mass is 163 g/mol. The first kappa shape index (κ1) is 7.09. The first-order valence-electron chi connectivity index (χ1n) is 3.66. The van der Waals surface area contributed by atoms with Crippen molar-refractivity contribution in [3.8, 4) is 5.75 Å². The van der Waals surface area contributed by atoms with E-state index in [0.717, 1.165) is 17.0 Å². The Labute approximate surface area is 69.5 Å². The zero-order chi connectivity index (χ0) is 8.72. The molecule has 0 fully saturated rings. The van der Waals surface area contributed by atoms with Gasteiger partial charge in [-0.05, 0) is 6.92 Å². The minimum Gasteiger partial charge on any atom is -0.506 e. The molecule has 0 unspecified atom stereocenters. The van der Waals surface area contributed by atoms with E-state index in [2.05, 4.69) is 9.97 Å². The van der Waals surface area contributed by atoms with Crippen LogP contribution in [0.25, 0.3) is 11.2 Å². The third-order valence-corrected chi connectivity index (χ3v) is 1.92. The van der Waals surface area contributed by atoms with E-state index in [0.29, 0.717) is 0 Å². The second-order valence-electron chi connectivity index (χ2n) is 2.75. The van der Waals surface area contributed by atoms with E-state index in [9.17, 15) is 0 Å². The lowest BCUT2D eigenvalue weighted by molar-refractivity contribution is 0.473. The average Bonchev–Trinajstić information content (AvgIpc) is 2.28. The smallest absolute Gasteiger partial charge is 0.159 e. The minimum absolute atomic E-state index is 0.153.